The average Bonchev–Trinajstić information content (AvgIpc) is 2.83. The molecule has 22 heavy (non-hydrogen) atoms. The predicted molar refractivity (Wildman–Crippen MR) is 90.8 cm³/mol. The number of fused-ring (bicyclic) bond motifs is 1. The van der Waals surface area contributed by atoms with E-state index in [0.29, 0.717) is 24.4 Å². The summed E-state index contributed by atoms with van der Waals surface area (Å²) in [5, 5.41) is 12.6. The molecule has 0 spiro atoms. The van der Waals surface area contributed by atoms with Crippen molar-refractivity contribution in [2.75, 3.05) is 26.7 Å². The molecule has 2 amide bonds. The van der Waals surface area contributed by atoms with E-state index in [0.717, 1.165) is 13.1 Å². The molecule has 4 N–H and O–H groups in total. The first-order chi connectivity index (χ1) is 10.5. The number of urea groups is 1. The lowest BCUT2D eigenvalue weighted by Crippen LogP contribution is -2.48. The third-order valence-corrected chi connectivity index (χ3v) is 5.34. The maximum atomic E-state index is 11.9. The van der Waals surface area contributed by atoms with Gasteiger partial charge in [-0.05, 0) is 32.4 Å². The number of amides is 2. The highest BCUT2D eigenvalue weighted by molar-refractivity contribution is 5.74. The number of nitrogens with one attached hydrogen (secondary N) is 4. The Kier molecular flexibility index (Phi) is 5.64. The van der Waals surface area contributed by atoms with Gasteiger partial charge >= 0.3 is 6.03 Å². The molecule has 1 saturated heterocycles. The Morgan fingerprint density at radius 2 is 2.14 bits per heavy atom. The molecule has 3 unspecified atom stereocenters. The molecule has 0 aromatic heterocycles. The van der Waals surface area contributed by atoms with Gasteiger partial charge in [0.2, 0.25) is 0 Å². The van der Waals surface area contributed by atoms with Crippen molar-refractivity contribution in [1.29, 1.82) is 0 Å². The molecule has 1 aliphatic carbocycles. The third kappa shape index (κ3) is 3.52. The number of carbonyl (C=O) groups excluding carboxylic acids is 1. The zero-order valence-electron chi connectivity index (χ0n) is 14.1. The molecule has 2 rings (SSSR count). The van der Waals surface area contributed by atoms with Gasteiger partial charge in [0.05, 0.1) is 0 Å². The molecule has 0 aromatic rings. The van der Waals surface area contributed by atoms with Gasteiger partial charge in [0.25, 0.3) is 0 Å². The lowest BCUT2D eigenvalue weighted by molar-refractivity contribution is 0.185. The highest BCUT2D eigenvalue weighted by atomic mass is 16.2. The van der Waals surface area contributed by atoms with Gasteiger partial charge in [0.15, 0.2) is 0 Å². The van der Waals surface area contributed by atoms with Crippen LogP contribution in [0.5, 0.6) is 0 Å². The number of carbonyl (C=O) groups is 1. The van der Waals surface area contributed by atoms with Crippen LogP contribution in [0.1, 0.15) is 20.8 Å². The maximum absolute atomic E-state index is 11.9. The van der Waals surface area contributed by atoms with E-state index in [1.807, 2.05) is 7.05 Å². The van der Waals surface area contributed by atoms with Crippen molar-refractivity contribution in [3.63, 3.8) is 0 Å². The maximum Gasteiger partial charge on any atom is 0.315 e. The summed E-state index contributed by atoms with van der Waals surface area (Å²) >= 11 is 0. The molecular formula is C17H30N4O. The van der Waals surface area contributed by atoms with Gasteiger partial charge in [-0.2, -0.15) is 0 Å². The molecule has 0 aromatic carbocycles. The molecule has 124 valence electrons. The van der Waals surface area contributed by atoms with Crippen LogP contribution in [-0.4, -0.2) is 44.8 Å². The molecular weight excluding hydrogens is 276 g/mol. The Morgan fingerprint density at radius 1 is 1.36 bits per heavy atom. The van der Waals surface area contributed by atoms with E-state index in [-0.39, 0.29) is 17.5 Å². The van der Waals surface area contributed by atoms with Crippen LogP contribution in [0.4, 0.5) is 4.79 Å². The van der Waals surface area contributed by atoms with Crippen LogP contribution in [0.25, 0.3) is 0 Å². The highest BCUT2D eigenvalue weighted by Gasteiger charge is 2.47. The summed E-state index contributed by atoms with van der Waals surface area (Å²) in [6, 6.07) is 0.458. The number of rotatable bonds is 6. The Labute approximate surface area is 134 Å². The topological polar surface area (TPSA) is 65.2 Å². The van der Waals surface area contributed by atoms with Crippen molar-refractivity contribution in [2.45, 2.75) is 32.9 Å². The van der Waals surface area contributed by atoms with Gasteiger partial charge in [-0.3, -0.25) is 0 Å². The van der Waals surface area contributed by atoms with Gasteiger partial charge in [0.1, 0.15) is 0 Å². The van der Waals surface area contributed by atoms with Gasteiger partial charge in [-0.25, -0.2) is 4.79 Å². The third-order valence-electron chi connectivity index (χ3n) is 5.34. The minimum Gasteiger partial charge on any atom is -0.337 e. The van der Waals surface area contributed by atoms with Crippen molar-refractivity contribution in [3.05, 3.63) is 24.3 Å². The zero-order chi connectivity index (χ0) is 16.2. The minimum absolute atomic E-state index is 0.0821. The Balaban J connectivity index is 1.90. The quantitative estimate of drug-likeness (QED) is 0.559. The predicted octanol–water partition coefficient (Wildman–Crippen LogP) is 1.25. The average molecular weight is 306 g/mol. The smallest absolute Gasteiger partial charge is 0.315 e. The molecule has 0 radical (unpaired) electrons. The second-order valence-electron chi connectivity index (χ2n) is 6.75. The molecule has 0 bridgehead atoms. The summed E-state index contributed by atoms with van der Waals surface area (Å²) in [5.74, 6) is 0.903. The van der Waals surface area contributed by atoms with Gasteiger partial charge in [0, 0.05) is 30.6 Å². The molecule has 5 heteroatoms. The van der Waals surface area contributed by atoms with Crippen LogP contribution in [0.15, 0.2) is 24.3 Å². The Bertz CT molecular complexity index is 448. The van der Waals surface area contributed by atoms with Gasteiger partial charge in [-0.1, -0.05) is 38.2 Å². The van der Waals surface area contributed by atoms with Gasteiger partial charge < -0.3 is 21.3 Å². The summed E-state index contributed by atoms with van der Waals surface area (Å²) in [5.41, 5.74) is 0.132. The lowest BCUT2D eigenvalue weighted by atomic mass is 9.67. The number of hydrogen-bond donors (Lipinski definition) is 4. The van der Waals surface area contributed by atoms with Crippen molar-refractivity contribution in [1.82, 2.24) is 21.3 Å². The molecule has 5 nitrogen and oxygen atoms in total. The van der Waals surface area contributed by atoms with Crippen LogP contribution < -0.4 is 21.3 Å². The molecule has 1 heterocycles. The van der Waals surface area contributed by atoms with E-state index >= 15 is 0 Å². The second kappa shape index (κ2) is 7.29. The first-order valence-electron chi connectivity index (χ1n) is 8.27. The minimum atomic E-state index is -0.0821. The Hall–Kier alpha value is -1.33. The van der Waals surface area contributed by atoms with Gasteiger partial charge in [-0.15, -0.1) is 0 Å². The van der Waals surface area contributed by atoms with E-state index < -0.39 is 0 Å². The summed E-state index contributed by atoms with van der Waals surface area (Å²) in [7, 11) is 1.88. The summed E-state index contributed by atoms with van der Waals surface area (Å²) in [6.45, 7) is 9.07. The van der Waals surface area contributed by atoms with Crippen molar-refractivity contribution in [2.24, 2.45) is 17.3 Å². The van der Waals surface area contributed by atoms with Crippen LogP contribution >= 0.6 is 0 Å². The van der Waals surface area contributed by atoms with E-state index in [2.05, 4.69) is 66.3 Å². The zero-order valence-corrected chi connectivity index (χ0v) is 14.1. The normalized spacial score (nSPS) is 32.4. The fourth-order valence-electron chi connectivity index (χ4n) is 3.66. The summed E-state index contributed by atoms with van der Waals surface area (Å²) in [6.07, 6.45) is 8.82. The highest BCUT2D eigenvalue weighted by Crippen LogP contribution is 2.44. The number of allylic oxidation sites excluding steroid dienone is 2. The molecule has 0 saturated carbocycles. The largest absolute Gasteiger partial charge is 0.337 e. The summed E-state index contributed by atoms with van der Waals surface area (Å²) in [4.78, 5) is 11.9. The molecule has 5 atom stereocenters. The number of hydrogen-bond acceptors (Lipinski definition) is 3. The van der Waals surface area contributed by atoms with Crippen LogP contribution in [0.3, 0.4) is 0 Å². The SMILES string of the molecule is CNCCNC(=O)N[C@@H](C)[C@H](C)C1CNC2C=CC=CC21C. The molecule has 1 aliphatic heterocycles. The Morgan fingerprint density at radius 3 is 2.86 bits per heavy atom. The fraction of sp³-hybridized carbons (Fsp3) is 0.706. The van der Waals surface area contributed by atoms with Crippen molar-refractivity contribution in [3.8, 4) is 0 Å². The first kappa shape index (κ1) is 17.0. The van der Waals surface area contributed by atoms with Crippen molar-refractivity contribution >= 4 is 6.03 Å². The van der Waals surface area contributed by atoms with E-state index in [4.69, 9.17) is 0 Å². The van der Waals surface area contributed by atoms with Crippen molar-refractivity contribution < 1.29 is 4.79 Å². The van der Waals surface area contributed by atoms with E-state index in [9.17, 15) is 4.79 Å². The van der Waals surface area contributed by atoms with E-state index in [1.165, 1.54) is 0 Å². The second-order valence-corrected chi connectivity index (χ2v) is 6.75. The number of likely N-dealkylation sites (N-methyl/N-ethyl adjacent to an activating group) is 1. The van der Waals surface area contributed by atoms with E-state index in [1.54, 1.807) is 0 Å². The standard InChI is InChI=1S/C17H30N4O/c1-12(13(2)21-16(22)19-10-9-18-4)14-11-20-15-7-5-6-8-17(14,15)3/h5-8,12-15,18,20H,9-11H2,1-4H3,(H2,19,21,22)/t12-,13-,14?,15?,17?/m0/s1. The van der Waals surface area contributed by atoms with Crippen LogP contribution in [-0.2, 0) is 0 Å². The van der Waals surface area contributed by atoms with Crippen LogP contribution in [0.2, 0.25) is 0 Å². The molecule has 2 aliphatic rings. The summed E-state index contributed by atoms with van der Waals surface area (Å²) < 4.78 is 0. The van der Waals surface area contributed by atoms with Crippen LogP contribution in [0, 0.1) is 17.3 Å². The first-order valence-corrected chi connectivity index (χ1v) is 8.27. The fourth-order valence-corrected chi connectivity index (χ4v) is 3.66. The molecule has 1 fully saturated rings. The monoisotopic (exact) mass is 306 g/mol. The lowest BCUT2D eigenvalue weighted by Gasteiger charge is -2.38.